The van der Waals surface area contributed by atoms with Crippen LogP contribution in [0.2, 0.25) is 18.1 Å². The Morgan fingerprint density at radius 1 is 1.02 bits per heavy atom. The van der Waals surface area contributed by atoms with Gasteiger partial charge in [-0.3, -0.25) is 4.79 Å². The van der Waals surface area contributed by atoms with Gasteiger partial charge < -0.3 is 23.2 Å². The van der Waals surface area contributed by atoms with E-state index in [1.807, 2.05) is 81.2 Å². The minimum absolute atomic E-state index is 0.0378. The van der Waals surface area contributed by atoms with Crippen LogP contribution in [-0.2, 0) is 25.2 Å². The summed E-state index contributed by atoms with van der Waals surface area (Å²) in [5, 5.41) is 1.13. The largest absolute Gasteiger partial charge is 0.482 e. The van der Waals surface area contributed by atoms with Crippen LogP contribution in [0, 0.1) is 5.92 Å². The molecule has 3 aromatic rings. The quantitative estimate of drug-likeness (QED) is 0.158. The predicted molar refractivity (Wildman–Crippen MR) is 177 cm³/mol. The van der Waals surface area contributed by atoms with Crippen LogP contribution in [0.1, 0.15) is 84.4 Å². The number of hydrogen-bond donors (Lipinski definition) is 0. The van der Waals surface area contributed by atoms with Crippen LogP contribution in [0.5, 0.6) is 5.75 Å². The van der Waals surface area contributed by atoms with Crippen molar-refractivity contribution in [2.45, 2.75) is 110 Å². The van der Waals surface area contributed by atoms with Crippen molar-refractivity contribution in [3.8, 4) is 5.75 Å². The van der Waals surface area contributed by atoms with E-state index in [1.165, 1.54) is 0 Å². The zero-order chi connectivity index (χ0) is 32.3. The summed E-state index contributed by atoms with van der Waals surface area (Å²) in [6.07, 6.45) is 6.13. The average molecular weight is 622 g/mol. The number of carbonyl (C=O) groups is 2. The number of benzene rings is 2. The van der Waals surface area contributed by atoms with Crippen molar-refractivity contribution in [2.75, 3.05) is 13.7 Å². The smallest absolute Gasteiger partial charge is 0.344 e. The zero-order valence-corrected chi connectivity index (χ0v) is 29.1. The van der Waals surface area contributed by atoms with E-state index in [0.717, 1.165) is 47.8 Å². The number of carbonyl (C=O) groups excluding carboxylic acids is 2. The van der Waals surface area contributed by atoms with E-state index < -0.39 is 19.9 Å². The molecule has 0 radical (unpaired) electrons. The third-order valence-corrected chi connectivity index (χ3v) is 13.7. The monoisotopic (exact) mass is 621 g/mol. The highest BCUT2D eigenvalue weighted by molar-refractivity contribution is 6.74. The van der Waals surface area contributed by atoms with Crippen molar-refractivity contribution in [1.82, 2.24) is 4.90 Å². The fourth-order valence-electron chi connectivity index (χ4n) is 5.77. The highest BCUT2D eigenvalue weighted by atomic mass is 28.4. The number of amides is 1. The Balaban J connectivity index is 1.53. The van der Waals surface area contributed by atoms with Gasteiger partial charge in [-0.05, 0) is 106 Å². The number of rotatable bonds is 11. The number of fused-ring (bicyclic) bond motifs is 1. The standard InChI is InChI=1S/C36H51NO6Si/c1-35(2,3)42-34(39)24-41-28-14-10-13-27(22-28)31(21-25-16-17-29(20-25)43-44(8,9)36(4,5)6)37(7)33(38)23-26-12-11-15-32-30(26)18-19-40-32/h10-15,18-19,22,25,29,31H,16-17,20-21,23-24H2,1-9H3/t25?,29-,31-/m0/s1. The van der Waals surface area contributed by atoms with Crippen molar-refractivity contribution in [1.29, 1.82) is 0 Å². The van der Waals surface area contributed by atoms with Gasteiger partial charge >= 0.3 is 5.97 Å². The summed E-state index contributed by atoms with van der Waals surface area (Å²) < 4.78 is 23.6. The van der Waals surface area contributed by atoms with Crippen molar-refractivity contribution in [3.05, 3.63) is 65.9 Å². The predicted octanol–water partition coefficient (Wildman–Crippen LogP) is 8.48. The number of furan rings is 1. The molecule has 1 aliphatic rings. The highest BCUT2D eigenvalue weighted by Crippen LogP contribution is 2.43. The maximum atomic E-state index is 13.8. The Hall–Kier alpha value is -3.10. The van der Waals surface area contributed by atoms with Gasteiger partial charge in [0.15, 0.2) is 14.9 Å². The lowest BCUT2D eigenvalue weighted by molar-refractivity contribution is -0.157. The van der Waals surface area contributed by atoms with Crippen molar-refractivity contribution in [3.63, 3.8) is 0 Å². The maximum absolute atomic E-state index is 13.8. The Kier molecular flexibility index (Phi) is 10.4. The molecule has 3 atom stereocenters. The maximum Gasteiger partial charge on any atom is 0.344 e. The first kappa shape index (κ1) is 33.8. The number of ether oxygens (including phenoxy) is 2. The summed E-state index contributed by atoms with van der Waals surface area (Å²) in [6, 6.07) is 15.4. The zero-order valence-electron chi connectivity index (χ0n) is 28.1. The van der Waals surface area contributed by atoms with Gasteiger partial charge in [-0.15, -0.1) is 0 Å². The molecule has 0 N–H and O–H groups in total. The molecule has 1 amide bonds. The average Bonchev–Trinajstić information content (AvgIpc) is 3.58. The van der Waals surface area contributed by atoms with Gasteiger partial charge in [0, 0.05) is 18.5 Å². The van der Waals surface area contributed by atoms with E-state index in [2.05, 4.69) is 33.9 Å². The van der Waals surface area contributed by atoms with Gasteiger partial charge in [0.2, 0.25) is 5.91 Å². The van der Waals surface area contributed by atoms with Crippen molar-refractivity contribution < 1.29 is 27.9 Å². The first-order chi connectivity index (χ1) is 20.5. The van der Waals surface area contributed by atoms with Crippen molar-refractivity contribution >= 4 is 31.2 Å². The molecule has 1 unspecified atom stereocenters. The van der Waals surface area contributed by atoms with Crippen LogP contribution < -0.4 is 4.74 Å². The molecule has 0 spiro atoms. The number of hydrogen-bond acceptors (Lipinski definition) is 6. The Labute approximate surface area is 264 Å². The fraction of sp³-hybridized carbons (Fsp3) is 0.556. The SMILES string of the molecule is CN(C(=O)Cc1cccc2occc12)[C@@H](CC1CC[C@H](O[Si](C)(C)C(C)(C)C)C1)c1cccc(OCC(=O)OC(C)(C)C)c1. The van der Waals surface area contributed by atoms with Gasteiger partial charge in [0.25, 0.3) is 0 Å². The molecule has 1 aliphatic carbocycles. The summed E-state index contributed by atoms with van der Waals surface area (Å²) >= 11 is 0. The molecule has 7 nitrogen and oxygen atoms in total. The molecule has 8 heteroatoms. The molecule has 240 valence electrons. The molecule has 1 fully saturated rings. The first-order valence-electron chi connectivity index (χ1n) is 15.9. The number of likely N-dealkylation sites (N-methyl/N-ethyl adjacent to an activating group) is 1. The molecular weight excluding hydrogens is 570 g/mol. The summed E-state index contributed by atoms with van der Waals surface area (Å²) in [5.41, 5.74) is 2.14. The van der Waals surface area contributed by atoms with Crippen LogP contribution in [0.25, 0.3) is 11.0 Å². The highest BCUT2D eigenvalue weighted by Gasteiger charge is 2.41. The molecule has 1 aromatic heterocycles. The second-order valence-electron chi connectivity index (χ2n) is 14.8. The lowest BCUT2D eigenvalue weighted by atomic mass is 9.92. The van der Waals surface area contributed by atoms with E-state index in [1.54, 1.807) is 6.26 Å². The second-order valence-corrected chi connectivity index (χ2v) is 19.6. The van der Waals surface area contributed by atoms with Crippen LogP contribution in [0.3, 0.4) is 0 Å². The van der Waals surface area contributed by atoms with E-state index >= 15 is 0 Å². The lowest BCUT2D eigenvalue weighted by Gasteiger charge is -2.38. The molecular formula is C36H51NO6Si. The third kappa shape index (κ3) is 8.75. The van der Waals surface area contributed by atoms with Crippen LogP contribution in [-0.4, -0.2) is 50.5 Å². The Morgan fingerprint density at radius 3 is 2.45 bits per heavy atom. The number of esters is 1. The van der Waals surface area contributed by atoms with Gasteiger partial charge in [-0.25, -0.2) is 4.79 Å². The summed E-state index contributed by atoms with van der Waals surface area (Å²) in [6.45, 7) is 16.8. The van der Waals surface area contributed by atoms with Crippen molar-refractivity contribution in [2.24, 2.45) is 5.92 Å². The van der Waals surface area contributed by atoms with Gasteiger partial charge in [-0.1, -0.05) is 45.0 Å². The minimum Gasteiger partial charge on any atom is -0.482 e. The van der Waals surface area contributed by atoms with E-state index in [-0.39, 0.29) is 36.1 Å². The molecule has 44 heavy (non-hydrogen) atoms. The Morgan fingerprint density at radius 2 is 1.75 bits per heavy atom. The van der Waals surface area contributed by atoms with Crippen LogP contribution in [0.15, 0.2) is 59.2 Å². The summed E-state index contributed by atoms with van der Waals surface area (Å²) in [5.74, 6) is 0.622. The fourth-order valence-corrected chi connectivity index (χ4v) is 7.18. The second kappa shape index (κ2) is 13.5. The molecule has 0 aliphatic heterocycles. The normalized spacial score (nSPS) is 18.3. The van der Waals surface area contributed by atoms with Gasteiger partial charge in [0.05, 0.1) is 18.7 Å². The molecule has 2 aromatic carbocycles. The summed E-state index contributed by atoms with van der Waals surface area (Å²) in [4.78, 5) is 28.0. The van der Waals surface area contributed by atoms with E-state index in [0.29, 0.717) is 11.7 Å². The van der Waals surface area contributed by atoms with Crippen LogP contribution >= 0.6 is 0 Å². The molecule has 0 saturated heterocycles. The molecule has 4 rings (SSSR count). The van der Waals surface area contributed by atoms with Gasteiger partial charge in [0.1, 0.15) is 16.9 Å². The molecule has 0 bridgehead atoms. The molecule has 1 heterocycles. The lowest BCUT2D eigenvalue weighted by Crippen LogP contribution is -2.43. The minimum atomic E-state index is -1.87. The topological polar surface area (TPSA) is 78.2 Å². The Bertz CT molecular complexity index is 1430. The van der Waals surface area contributed by atoms with E-state index in [4.69, 9.17) is 18.3 Å². The first-order valence-corrected chi connectivity index (χ1v) is 18.8. The third-order valence-electron chi connectivity index (χ3n) is 9.13. The number of nitrogens with zero attached hydrogens (tertiary/aromatic N) is 1. The summed E-state index contributed by atoms with van der Waals surface area (Å²) in [7, 11) is 0.0273. The van der Waals surface area contributed by atoms with Crippen LogP contribution in [0.4, 0.5) is 0 Å². The van der Waals surface area contributed by atoms with Gasteiger partial charge in [-0.2, -0.15) is 0 Å². The van der Waals surface area contributed by atoms with E-state index in [9.17, 15) is 9.59 Å². The molecule has 1 saturated carbocycles.